The van der Waals surface area contributed by atoms with Gasteiger partial charge in [0.05, 0.1) is 24.9 Å². The van der Waals surface area contributed by atoms with Gasteiger partial charge in [0.1, 0.15) is 6.10 Å². The molecule has 2 aromatic rings. The summed E-state index contributed by atoms with van der Waals surface area (Å²) in [5, 5.41) is 6.48. The number of rotatable bonds is 2. The first-order valence-electron chi connectivity index (χ1n) is 6.29. The molecule has 98 valence electrons. The summed E-state index contributed by atoms with van der Waals surface area (Å²) >= 11 is 0. The molecule has 1 aliphatic rings. The van der Waals surface area contributed by atoms with E-state index in [1.165, 1.54) is 0 Å². The third-order valence-corrected chi connectivity index (χ3v) is 3.27. The van der Waals surface area contributed by atoms with Gasteiger partial charge in [-0.2, -0.15) is 5.10 Å². The van der Waals surface area contributed by atoms with Crippen LogP contribution in [0.4, 0.5) is 0 Å². The monoisotopic (exact) mass is 257 g/mol. The van der Waals surface area contributed by atoms with Gasteiger partial charge in [0.2, 0.25) is 0 Å². The van der Waals surface area contributed by atoms with Gasteiger partial charge in [-0.25, -0.2) is 0 Å². The second kappa shape index (κ2) is 5.24. The van der Waals surface area contributed by atoms with Gasteiger partial charge >= 0.3 is 0 Å². The fraction of sp³-hybridized carbons (Fsp3) is 0.286. The zero-order valence-corrected chi connectivity index (χ0v) is 10.5. The summed E-state index contributed by atoms with van der Waals surface area (Å²) in [6, 6.07) is 9.98. The number of aromatic amines is 1. The normalized spacial score (nSPS) is 19.4. The lowest BCUT2D eigenvalue weighted by Crippen LogP contribution is -2.42. The van der Waals surface area contributed by atoms with Crippen LogP contribution in [0.2, 0.25) is 0 Å². The molecule has 1 aliphatic heterocycles. The van der Waals surface area contributed by atoms with E-state index in [0.29, 0.717) is 25.3 Å². The predicted molar refractivity (Wildman–Crippen MR) is 69.6 cm³/mol. The van der Waals surface area contributed by atoms with E-state index in [-0.39, 0.29) is 12.0 Å². The zero-order valence-electron chi connectivity index (χ0n) is 10.5. The molecule has 0 saturated carbocycles. The van der Waals surface area contributed by atoms with Crippen molar-refractivity contribution in [1.29, 1.82) is 0 Å². The summed E-state index contributed by atoms with van der Waals surface area (Å²) in [6.07, 6.45) is 3.12. The third kappa shape index (κ3) is 2.51. The number of carbonyl (C=O) groups is 1. The molecule has 0 aliphatic carbocycles. The van der Waals surface area contributed by atoms with Crippen LogP contribution >= 0.6 is 0 Å². The maximum Gasteiger partial charge on any atom is 0.257 e. The summed E-state index contributed by atoms with van der Waals surface area (Å²) in [5.74, 6) is -0.00187. The number of ether oxygens (including phenoxy) is 1. The largest absolute Gasteiger partial charge is 0.370 e. The Balaban J connectivity index is 1.73. The Morgan fingerprint density at radius 2 is 2.21 bits per heavy atom. The molecule has 1 unspecified atom stereocenters. The number of benzene rings is 1. The number of morpholine rings is 1. The Kier molecular flexibility index (Phi) is 3.29. The third-order valence-electron chi connectivity index (χ3n) is 3.27. The van der Waals surface area contributed by atoms with Crippen LogP contribution in [0, 0.1) is 0 Å². The fourth-order valence-corrected chi connectivity index (χ4v) is 2.25. The van der Waals surface area contributed by atoms with Crippen molar-refractivity contribution in [1.82, 2.24) is 15.1 Å². The van der Waals surface area contributed by atoms with E-state index in [2.05, 4.69) is 10.2 Å². The van der Waals surface area contributed by atoms with Crippen molar-refractivity contribution >= 4 is 5.91 Å². The Hall–Kier alpha value is -2.14. The Bertz CT molecular complexity index is 539. The van der Waals surface area contributed by atoms with Gasteiger partial charge in [-0.1, -0.05) is 30.3 Å². The maximum absolute atomic E-state index is 12.2. The lowest BCUT2D eigenvalue weighted by molar-refractivity contribution is -0.0228. The number of amides is 1. The molecular weight excluding hydrogens is 242 g/mol. The number of aromatic nitrogens is 2. The quantitative estimate of drug-likeness (QED) is 0.889. The van der Waals surface area contributed by atoms with Crippen molar-refractivity contribution in [2.45, 2.75) is 6.10 Å². The van der Waals surface area contributed by atoms with E-state index < -0.39 is 0 Å². The molecule has 1 saturated heterocycles. The number of hydrogen-bond donors (Lipinski definition) is 1. The number of carbonyl (C=O) groups excluding carboxylic acids is 1. The van der Waals surface area contributed by atoms with E-state index >= 15 is 0 Å². The number of hydrogen-bond acceptors (Lipinski definition) is 3. The summed E-state index contributed by atoms with van der Waals surface area (Å²) < 4.78 is 5.74. The lowest BCUT2D eigenvalue weighted by Gasteiger charge is -2.33. The maximum atomic E-state index is 12.2. The Morgan fingerprint density at radius 3 is 2.95 bits per heavy atom. The minimum Gasteiger partial charge on any atom is -0.370 e. The van der Waals surface area contributed by atoms with E-state index in [9.17, 15) is 4.79 Å². The first-order chi connectivity index (χ1) is 9.34. The second-order valence-corrected chi connectivity index (χ2v) is 4.51. The van der Waals surface area contributed by atoms with E-state index in [1.54, 1.807) is 12.4 Å². The SMILES string of the molecule is O=C(c1cn[nH]c1)N1CCOC(c2ccccc2)C1. The molecule has 5 heteroatoms. The van der Waals surface area contributed by atoms with Crippen molar-refractivity contribution in [2.24, 2.45) is 0 Å². The lowest BCUT2D eigenvalue weighted by atomic mass is 10.1. The summed E-state index contributed by atoms with van der Waals surface area (Å²) in [6.45, 7) is 1.75. The highest BCUT2D eigenvalue weighted by Gasteiger charge is 2.26. The highest BCUT2D eigenvalue weighted by molar-refractivity contribution is 5.93. The summed E-state index contributed by atoms with van der Waals surface area (Å²) in [5.41, 5.74) is 1.70. The second-order valence-electron chi connectivity index (χ2n) is 4.51. The Labute approximate surface area is 111 Å². The molecule has 1 atom stereocenters. The van der Waals surface area contributed by atoms with Crippen LogP contribution < -0.4 is 0 Å². The van der Waals surface area contributed by atoms with Crippen molar-refractivity contribution < 1.29 is 9.53 Å². The molecule has 2 heterocycles. The van der Waals surface area contributed by atoms with Crippen LogP contribution in [-0.2, 0) is 4.74 Å². The van der Waals surface area contributed by atoms with Gasteiger partial charge < -0.3 is 9.64 Å². The Morgan fingerprint density at radius 1 is 1.37 bits per heavy atom. The molecule has 1 amide bonds. The molecule has 1 aromatic carbocycles. The summed E-state index contributed by atoms with van der Waals surface area (Å²) in [4.78, 5) is 14.1. The zero-order chi connectivity index (χ0) is 13.1. The molecule has 1 fully saturated rings. The van der Waals surface area contributed by atoms with Crippen LogP contribution in [0.1, 0.15) is 22.0 Å². The molecule has 3 rings (SSSR count). The average molecular weight is 257 g/mol. The van der Waals surface area contributed by atoms with Crippen molar-refractivity contribution in [3.63, 3.8) is 0 Å². The highest BCUT2D eigenvalue weighted by atomic mass is 16.5. The van der Waals surface area contributed by atoms with Gasteiger partial charge in [0.25, 0.3) is 5.91 Å². The van der Waals surface area contributed by atoms with Crippen LogP contribution in [-0.4, -0.2) is 40.7 Å². The number of nitrogens with zero attached hydrogens (tertiary/aromatic N) is 2. The number of H-pyrrole nitrogens is 1. The van der Waals surface area contributed by atoms with Gasteiger partial charge in [0.15, 0.2) is 0 Å². The van der Waals surface area contributed by atoms with Crippen molar-refractivity contribution in [3.8, 4) is 0 Å². The van der Waals surface area contributed by atoms with Crippen LogP contribution in [0.3, 0.4) is 0 Å². The standard InChI is InChI=1S/C14H15N3O2/c18-14(12-8-15-16-9-12)17-6-7-19-13(10-17)11-4-2-1-3-5-11/h1-5,8-9,13H,6-7,10H2,(H,15,16). The average Bonchev–Trinajstić information content (AvgIpc) is 3.02. The first kappa shape index (κ1) is 11.9. The smallest absolute Gasteiger partial charge is 0.257 e. The van der Waals surface area contributed by atoms with Crippen molar-refractivity contribution in [3.05, 3.63) is 53.9 Å². The first-order valence-corrected chi connectivity index (χ1v) is 6.29. The van der Waals surface area contributed by atoms with Gasteiger partial charge in [0, 0.05) is 12.7 Å². The van der Waals surface area contributed by atoms with E-state index in [1.807, 2.05) is 35.2 Å². The van der Waals surface area contributed by atoms with Crippen LogP contribution in [0.5, 0.6) is 0 Å². The summed E-state index contributed by atoms with van der Waals surface area (Å²) in [7, 11) is 0. The molecule has 0 spiro atoms. The molecule has 1 N–H and O–H groups in total. The van der Waals surface area contributed by atoms with Gasteiger partial charge in [-0.3, -0.25) is 9.89 Å². The van der Waals surface area contributed by atoms with Crippen molar-refractivity contribution in [2.75, 3.05) is 19.7 Å². The topological polar surface area (TPSA) is 58.2 Å². The van der Waals surface area contributed by atoms with Crippen LogP contribution in [0.15, 0.2) is 42.7 Å². The van der Waals surface area contributed by atoms with Gasteiger partial charge in [-0.05, 0) is 5.56 Å². The predicted octanol–water partition coefficient (Wildman–Crippen LogP) is 1.62. The molecular formula is C14H15N3O2. The molecule has 0 bridgehead atoms. The van der Waals surface area contributed by atoms with Gasteiger partial charge in [-0.15, -0.1) is 0 Å². The molecule has 5 nitrogen and oxygen atoms in total. The molecule has 19 heavy (non-hydrogen) atoms. The van der Waals surface area contributed by atoms with E-state index in [0.717, 1.165) is 5.56 Å². The molecule has 1 aromatic heterocycles. The fourth-order valence-electron chi connectivity index (χ4n) is 2.25. The van der Waals surface area contributed by atoms with Crippen LogP contribution in [0.25, 0.3) is 0 Å². The minimum absolute atomic E-state index is 0.00187. The highest BCUT2D eigenvalue weighted by Crippen LogP contribution is 2.22. The number of nitrogens with one attached hydrogen (secondary N) is 1. The molecule has 0 radical (unpaired) electrons. The van der Waals surface area contributed by atoms with E-state index in [4.69, 9.17) is 4.74 Å². The minimum atomic E-state index is -0.0502.